The molecule has 228 valence electrons. The molecule has 2 saturated heterocycles. The maximum absolute atomic E-state index is 13.5. The molecule has 0 aliphatic carbocycles. The number of carbonyl (C=O) groups is 2. The topological polar surface area (TPSA) is 83.5 Å². The van der Waals surface area contributed by atoms with Gasteiger partial charge >= 0.3 is 0 Å². The van der Waals surface area contributed by atoms with Gasteiger partial charge in [-0.2, -0.15) is 5.10 Å². The van der Waals surface area contributed by atoms with Gasteiger partial charge in [0.15, 0.2) is 0 Å². The Morgan fingerprint density at radius 1 is 1.14 bits per heavy atom. The molecule has 42 heavy (non-hydrogen) atoms. The summed E-state index contributed by atoms with van der Waals surface area (Å²) < 4.78 is 11.5. The van der Waals surface area contributed by atoms with E-state index >= 15 is 0 Å². The molecule has 1 aromatic carbocycles. The van der Waals surface area contributed by atoms with Gasteiger partial charge in [0.2, 0.25) is 0 Å². The molecule has 8 heteroatoms. The van der Waals surface area contributed by atoms with Crippen LogP contribution in [0.3, 0.4) is 0 Å². The van der Waals surface area contributed by atoms with E-state index in [0.717, 1.165) is 48.1 Å². The molecule has 0 aromatic heterocycles. The van der Waals surface area contributed by atoms with Crippen LogP contribution in [0.4, 0.5) is 5.69 Å². The van der Waals surface area contributed by atoms with E-state index in [1.807, 2.05) is 81.0 Å². The number of amides is 2. The zero-order valence-corrected chi connectivity index (χ0v) is 26.1. The predicted octanol–water partition coefficient (Wildman–Crippen LogP) is 6.33. The van der Waals surface area contributed by atoms with E-state index in [2.05, 4.69) is 23.7 Å². The smallest absolute Gasteiger partial charge is 0.254 e. The minimum absolute atomic E-state index is 0.0137. The highest BCUT2D eigenvalue weighted by molar-refractivity contribution is 6.05. The molecule has 0 radical (unpaired) electrons. The van der Waals surface area contributed by atoms with Crippen LogP contribution in [0, 0.1) is 13.8 Å². The first-order valence-corrected chi connectivity index (χ1v) is 15.0. The van der Waals surface area contributed by atoms with Gasteiger partial charge < -0.3 is 19.7 Å². The van der Waals surface area contributed by atoms with Crippen LogP contribution in [0.1, 0.15) is 74.4 Å². The quantitative estimate of drug-likeness (QED) is 0.136. The maximum atomic E-state index is 13.5. The highest BCUT2D eigenvalue weighted by Crippen LogP contribution is 2.27. The van der Waals surface area contributed by atoms with Crippen LogP contribution in [0.15, 0.2) is 65.0 Å². The molecule has 1 N–H and O–H groups in total. The summed E-state index contributed by atoms with van der Waals surface area (Å²) in [5, 5.41) is 9.20. The molecule has 0 atom stereocenters. The van der Waals surface area contributed by atoms with Gasteiger partial charge in [0.05, 0.1) is 18.8 Å². The van der Waals surface area contributed by atoms with Crippen molar-refractivity contribution in [1.82, 2.24) is 9.91 Å². The second kappa shape index (κ2) is 16.2. The molecule has 0 unspecified atom stereocenters. The molecule has 0 saturated carbocycles. The number of nitrogens with one attached hydrogen (secondary N) is 1. The minimum atomic E-state index is -0.167. The lowest BCUT2D eigenvalue weighted by Gasteiger charge is -2.33. The number of ether oxygens (including phenoxy) is 2. The first-order chi connectivity index (χ1) is 20.2. The Balaban J connectivity index is 1.63. The van der Waals surface area contributed by atoms with Gasteiger partial charge in [-0.15, -0.1) is 0 Å². The van der Waals surface area contributed by atoms with Crippen molar-refractivity contribution in [3.05, 3.63) is 76.5 Å². The van der Waals surface area contributed by atoms with E-state index in [1.165, 1.54) is 0 Å². The number of hydrazone groups is 1. The van der Waals surface area contributed by atoms with Gasteiger partial charge in [-0.25, -0.2) is 0 Å². The largest absolute Gasteiger partial charge is 0.381 e. The monoisotopic (exact) mass is 576 g/mol. The normalized spacial score (nSPS) is 17.4. The van der Waals surface area contributed by atoms with E-state index in [-0.39, 0.29) is 24.0 Å². The first-order valence-electron chi connectivity index (χ1n) is 15.0. The number of hydrogen-bond donors (Lipinski definition) is 1. The van der Waals surface area contributed by atoms with Gasteiger partial charge in [-0.3, -0.25) is 14.6 Å². The number of hydrogen-bond acceptors (Lipinski definition) is 6. The summed E-state index contributed by atoms with van der Waals surface area (Å²) in [7, 11) is 0. The molecule has 2 aliphatic heterocycles. The van der Waals surface area contributed by atoms with Crippen molar-refractivity contribution in [2.45, 2.75) is 78.9 Å². The molecule has 1 aromatic rings. The van der Waals surface area contributed by atoms with Crippen molar-refractivity contribution in [2.24, 2.45) is 5.10 Å². The average Bonchev–Trinajstić information content (AvgIpc) is 2.99. The lowest BCUT2D eigenvalue weighted by Crippen LogP contribution is -2.41. The SMILES string of the molecule is C=NN(/C(C)=C(\CC)C(=O)Nc1cc(C)c(C(=O)N2CCC(OCC(=C)/C=C\C=C/C)CC2)cc1C)C1CCOCC1. The van der Waals surface area contributed by atoms with Crippen LogP contribution in [0.5, 0.6) is 0 Å². The lowest BCUT2D eigenvalue weighted by molar-refractivity contribution is -0.113. The molecule has 2 aliphatic rings. The van der Waals surface area contributed by atoms with Crippen molar-refractivity contribution in [2.75, 3.05) is 38.2 Å². The summed E-state index contributed by atoms with van der Waals surface area (Å²) in [6.07, 6.45) is 11.8. The third kappa shape index (κ3) is 8.76. The second-order valence-corrected chi connectivity index (χ2v) is 11.0. The fraction of sp³-hybridized carbons (Fsp3) is 0.500. The Labute approximate surface area is 251 Å². The summed E-state index contributed by atoms with van der Waals surface area (Å²) in [5.74, 6) is -0.154. The van der Waals surface area contributed by atoms with Crippen molar-refractivity contribution in [3.63, 3.8) is 0 Å². The zero-order valence-electron chi connectivity index (χ0n) is 26.1. The number of likely N-dealkylation sites (tertiary alicyclic amines) is 1. The van der Waals surface area contributed by atoms with Gasteiger partial charge in [0.1, 0.15) is 0 Å². The number of piperidine rings is 1. The number of rotatable bonds is 12. The van der Waals surface area contributed by atoms with Crippen LogP contribution < -0.4 is 5.32 Å². The Hall–Kier alpha value is -3.49. The van der Waals surface area contributed by atoms with Crippen molar-refractivity contribution in [3.8, 4) is 0 Å². The van der Waals surface area contributed by atoms with Gasteiger partial charge in [-0.05, 0) is 88.6 Å². The standard InChI is InChI=1S/C34H48N4O4/c1-8-10-11-12-24(3)23-42-29-13-17-37(18-14-29)34(40)31-21-26(5)32(22-25(31)4)36-33(39)30(9-2)27(6)38(35-7)28-15-19-41-20-16-28/h8,10-12,21-22,28-29H,3,7,9,13-20,23H2,1-2,4-6H3,(H,36,39)/b10-8-,12-11-,30-27+. The molecule has 0 bridgehead atoms. The Kier molecular flexibility index (Phi) is 12.8. The fourth-order valence-corrected chi connectivity index (χ4v) is 5.49. The van der Waals surface area contributed by atoms with Crippen molar-refractivity contribution in [1.29, 1.82) is 0 Å². The van der Waals surface area contributed by atoms with E-state index in [4.69, 9.17) is 9.47 Å². The highest BCUT2D eigenvalue weighted by atomic mass is 16.5. The van der Waals surface area contributed by atoms with Crippen molar-refractivity contribution < 1.29 is 19.1 Å². The summed E-state index contributed by atoms with van der Waals surface area (Å²) in [6.45, 7) is 20.6. The maximum Gasteiger partial charge on any atom is 0.254 e. The summed E-state index contributed by atoms with van der Waals surface area (Å²) >= 11 is 0. The number of benzene rings is 1. The molecule has 0 spiro atoms. The van der Waals surface area contributed by atoms with Gasteiger partial charge in [-0.1, -0.05) is 37.8 Å². The molecule has 3 rings (SSSR count). The zero-order chi connectivity index (χ0) is 30.6. The molecule has 2 fully saturated rings. The molecular formula is C34H48N4O4. The molecule has 2 amide bonds. The minimum Gasteiger partial charge on any atom is -0.381 e. The third-order valence-electron chi connectivity index (χ3n) is 8.02. The Bertz CT molecular complexity index is 1220. The molecule has 2 heterocycles. The average molecular weight is 577 g/mol. The van der Waals surface area contributed by atoms with Crippen LogP contribution in [0.2, 0.25) is 0 Å². The van der Waals surface area contributed by atoms with Crippen LogP contribution in [-0.4, -0.2) is 73.5 Å². The third-order valence-corrected chi connectivity index (χ3v) is 8.02. The fourth-order valence-electron chi connectivity index (χ4n) is 5.49. The highest BCUT2D eigenvalue weighted by Gasteiger charge is 2.27. The summed E-state index contributed by atoms with van der Waals surface area (Å²) in [4.78, 5) is 28.8. The summed E-state index contributed by atoms with van der Waals surface area (Å²) in [5.41, 5.74) is 5.43. The number of nitrogens with zero attached hydrogens (tertiary/aromatic N) is 3. The van der Waals surface area contributed by atoms with Crippen LogP contribution in [0.25, 0.3) is 0 Å². The molecular weight excluding hydrogens is 528 g/mol. The summed E-state index contributed by atoms with van der Waals surface area (Å²) in [6, 6.07) is 3.95. The Morgan fingerprint density at radius 3 is 2.45 bits per heavy atom. The predicted molar refractivity (Wildman–Crippen MR) is 171 cm³/mol. The van der Waals surface area contributed by atoms with Crippen molar-refractivity contribution >= 4 is 24.2 Å². The number of carbonyl (C=O) groups excluding carboxylic acids is 2. The van der Waals surface area contributed by atoms with Crippen LogP contribution in [-0.2, 0) is 14.3 Å². The van der Waals surface area contributed by atoms with E-state index in [1.54, 1.807) is 0 Å². The lowest BCUT2D eigenvalue weighted by atomic mass is 10.00. The molecule has 8 nitrogen and oxygen atoms in total. The first kappa shape index (κ1) is 33.0. The van der Waals surface area contributed by atoms with E-state index in [0.29, 0.717) is 56.2 Å². The second-order valence-electron chi connectivity index (χ2n) is 11.0. The Morgan fingerprint density at radius 2 is 1.83 bits per heavy atom. The number of anilines is 1. The number of aryl methyl sites for hydroxylation is 2. The number of allylic oxidation sites excluding steroid dienone is 4. The van der Waals surface area contributed by atoms with E-state index in [9.17, 15) is 9.59 Å². The van der Waals surface area contributed by atoms with Gasteiger partial charge in [0, 0.05) is 55.5 Å². The van der Waals surface area contributed by atoms with Crippen LogP contribution >= 0.6 is 0 Å². The van der Waals surface area contributed by atoms with Gasteiger partial charge in [0.25, 0.3) is 11.8 Å². The van der Waals surface area contributed by atoms with E-state index < -0.39 is 0 Å².